The van der Waals surface area contributed by atoms with Gasteiger partial charge in [0, 0.05) is 18.8 Å². The van der Waals surface area contributed by atoms with Gasteiger partial charge in [-0.05, 0) is 44.0 Å². The zero-order chi connectivity index (χ0) is 23.0. The number of halogens is 1. The minimum Gasteiger partial charge on any atom is -0.384 e. The number of hydrogen-bond donors (Lipinski definition) is 4. The van der Waals surface area contributed by atoms with Crippen molar-refractivity contribution < 1.29 is 9.18 Å². The summed E-state index contributed by atoms with van der Waals surface area (Å²) >= 11 is 0. The molecule has 0 bridgehead atoms. The van der Waals surface area contributed by atoms with Crippen molar-refractivity contribution in [3.05, 3.63) is 66.0 Å². The number of nitrogens with zero attached hydrogens (tertiary/aromatic N) is 4. The Balaban J connectivity index is 1.56. The zero-order valence-corrected chi connectivity index (χ0v) is 17.8. The van der Waals surface area contributed by atoms with Crippen LogP contribution in [0, 0.1) is 23.1 Å². The van der Waals surface area contributed by atoms with Gasteiger partial charge in [-0.15, -0.1) is 0 Å². The maximum absolute atomic E-state index is 14.0. The Bertz CT molecular complexity index is 1160. The molecule has 10 heteroatoms. The van der Waals surface area contributed by atoms with Crippen molar-refractivity contribution in [2.24, 2.45) is 5.92 Å². The third kappa shape index (κ3) is 5.78. The number of carbonyl (C=O) groups is 1. The number of aromatic nitrogens is 3. The normalized spacial score (nSPS) is 13.7. The van der Waals surface area contributed by atoms with Crippen LogP contribution in [0.5, 0.6) is 0 Å². The molecule has 0 spiro atoms. The van der Waals surface area contributed by atoms with Crippen LogP contribution in [-0.2, 0) is 0 Å². The van der Waals surface area contributed by atoms with E-state index in [9.17, 15) is 9.18 Å². The highest BCUT2D eigenvalue weighted by Gasteiger charge is 2.18. The molecule has 1 saturated heterocycles. The number of hydrogen-bond acceptors (Lipinski definition) is 8. The van der Waals surface area contributed by atoms with Gasteiger partial charge < -0.3 is 21.3 Å². The first-order valence-corrected chi connectivity index (χ1v) is 10.6. The predicted molar refractivity (Wildman–Crippen MR) is 123 cm³/mol. The van der Waals surface area contributed by atoms with E-state index in [0.717, 1.165) is 25.9 Å². The lowest BCUT2D eigenvalue weighted by Gasteiger charge is -2.24. The van der Waals surface area contributed by atoms with Crippen LogP contribution in [0.1, 0.15) is 28.9 Å². The topological polar surface area (TPSA) is 128 Å². The molecule has 9 nitrogen and oxygen atoms in total. The van der Waals surface area contributed by atoms with Crippen LogP contribution in [0.15, 0.2) is 48.9 Å². The second kappa shape index (κ2) is 10.5. The van der Waals surface area contributed by atoms with Crippen molar-refractivity contribution in [3.63, 3.8) is 0 Å². The van der Waals surface area contributed by atoms with Crippen LogP contribution in [-0.4, -0.2) is 40.5 Å². The molecule has 1 fully saturated rings. The molecule has 3 heterocycles. The molecular weight excluding hydrogens is 423 g/mol. The minimum absolute atomic E-state index is 0.0989. The van der Waals surface area contributed by atoms with E-state index in [4.69, 9.17) is 5.26 Å². The summed E-state index contributed by atoms with van der Waals surface area (Å²) in [5, 5.41) is 21.2. The highest BCUT2D eigenvalue weighted by Crippen LogP contribution is 2.24. The first kappa shape index (κ1) is 22.1. The van der Waals surface area contributed by atoms with E-state index in [1.807, 2.05) is 6.07 Å². The molecule has 0 unspecified atom stereocenters. The van der Waals surface area contributed by atoms with Crippen molar-refractivity contribution >= 4 is 28.9 Å². The Hall–Kier alpha value is -4.10. The lowest BCUT2D eigenvalue weighted by Crippen LogP contribution is -2.31. The molecule has 168 valence electrons. The Morgan fingerprint density at radius 1 is 1.09 bits per heavy atom. The van der Waals surface area contributed by atoms with Crippen molar-refractivity contribution in [1.82, 2.24) is 20.3 Å². The predicted octanol–water partition coefficient (Wildman–Crippen LogP) is 3.29. The molecule has 4 N–H and O–H groups in total. The number of anilines is 4. The summed E-state index contributed by atoms with van der Waals surface area (Å²) in [6.45, 7) is 2.63. The number of rotatable bonds is 7. The van der Waals surface area contributed by atoms with Gasteiger partial charge in [-0.25, -0.2) is 19.3 Å². The standard InChI is InChI=1S/C23H23FN8O/c24-18-3-1-2-4-19(18)31-23(33)17-13-30-21(32-22-14-27-16(10-25)12-29-22)9-20(17)28-11-15-5-7-26-8-6-15/h1-4,9,12-15,26H,5-8,11H2,(H,31,33)(H2,28,29,30,32). The lowest BCUT2D eigenvalue weighted by atomic mass is 9.98. The van der Waals surface area contributed by atoms with Crippen LogP contribution >= 0.6 is 0 Å². The highest BCUT2D eigenvalue weighted by molar-refractivity contribution is 6.08. The molecule has 0 aliphatic carbocycles. The first-order valence-electron chi connectivity index (χ1n) is 10.6. The lowest BCUT2D eigenvalue weighted by molar-refractivity contribution is 0.102. The smallest absolute Gasteiger partial charge is 0.259 e. The number of amides is 1. The summed E-state index contributed by atoms with van der Waals surface area (Å²) in [7, 11) is 0. The number of carbonyl (C=O) groups excluding carboxylic acids is 1. The van der Waals surface area contributed by atoms with E-state index in [2.05, 4.69) is 36.2 Å². The summed E-state index contributed by atoms with van der Waals surface area (Å²) in [5.74, 6) is 0.354. The number of nitrogens with one attached hydrogen (secondary N) is 4. The van der Waals surface area contributed by atoms with E-state index < -0.39 is 11.7 Å². The average Bonchev–Trinajstić information content (AvgIpc) is 2.85. The zero-order valence-electron chi connectivity index (χ0n) is 17.8. The van der Waals surface area contributed by atoms with Crippen LogP contribution in [0.25, 0.3) is 0 Å². The van der Waals surface area contributed by atoms with E-state index in [0.29, 0.717) is 35.3 Å². The molecular formula is C23H23FN8O. The van der Waals surface area contributed by atoms with Crippen LogP contribution in [0.2, 0.25) is 0 Å². The third-order valence-electron chi connectivity index (χ3n) is 5.33. The van der Waals surface area contributed by atoms with Gasteiger partial charge in [-0.2, -0.15) is 5.26 Å². The fraction of sp³-hybridized carbons (Fsp3) is 0.261. The molecule has 1 aliphatic rings. The summed E-state index contributed by atoms with van der Waals surface area (Å²) in [5.41, 5.74) is 1.17. The largest absolute Gasteiger partial charge is 0.384 e. The molecule has 33 heavy (non-hydrogen) atoms. The van der Waals surface area contributed by atoms with Gasteiger partial charge in [-0.1, -0.05) is 12.1 Å². The minimum atomic E-state index is -0.513. The second-order valence-electron chi connectivity index (χ2n) is 7.65. The molecule has 2 aromatic heterocycles. The molecule has 4 rings (SSSR count). The summed E-state index contributed by atoms with van der Waals surface area (Å²) in [6.07, 6.45) is 6.30. The third-order valence-corrected chi connectivity index (χ3v) is 5.33. The second-order valence-corrected chi connectivity index (χ2v) is 7.65. The molecule has 1 amide bonds. The maximum atomic E-state index is 14.0. The highest BCUT2D eigenvalue weighted by atomic mass is 19.1. The van der Waals surface area contributed by atoms with Gasteiger partial charge in [0.05, 0.1) is 29.3 Å². The molecule has 1 aliphatic heterocycles. The Kier molecular flexibility index (Phi) is 7.02. The Morgan fingerprint density at radius 3 is 2.61 bits per heavy atom. The molecule has 0 atom stereocenters. The van der Waals surface area contributed by atoms with Gasteiger partial charge in [0.25, 0.3) is 5.91 Å². The Morgan fingerprint density at radius 2 is 1.88 bits per heavy atom. The quantitative estimate of drug-likeness (QED) is 0.435. The number of benzene rings is 1. The summed E-state index contributed by atoms with van der Waals surface area (Å²) in [6, 6.07) is 9.62. The fourth-order valence-electron chi connectivity index (χ4n) is 3.52. The van der Waals surface area contributed by atoms with Gasteiger partial charge in [-0.3, -0.25) is 4.79 Å². The molecule has 0 saturated carbocycles. The van der Waals surface area contributed by atoms with E-state index in [1.54, 1.807) is 18.2 Å². The van der Waals surface area contributed by atoms with Gasteiger partial charge in [0.15, 0.2) is 5.69 Å². The van der Waals surface area contributed by atoms with Crippen molar-refractivity contribution in [2.75, 3.05) is 35.6 Å². The molecule has 0 radical (unpaired) electrons. The van der Waals surface area contributed by atoms with Crippen LogP contribution in [0.4, 0.5) is 27.4 Å². The average molecular weight is 446 g/mol. The summed E-state index contributed by atoms with van der Waals surface area (Å²) < 4.78 is 14.0. The van der Waals surface area contributed by atoms with Gasteiger partial charge in [0.1, 0.15) is 23.5 Å². The number of piperidine rings is 1. The number of nitriles is 1. The Labute approximate surface area is 190 Å². The fourth-order valence-corrected chi connectivity index (χ4v) is 3.52. The van der Waals surface area contributed by atoms with E-state index in [1.165, 1.54) is 30.7 Å². The van der Waals surface area contributed by atoms with Crippen molar-refractivity contribution in [3.8, 4) is 6.07 Å². The van der Waals surface area contributed by atoms with Crippen LogP contribution in [0.3, 0.4) is 0 Å². The van der Waals surface area contributed by atoms with Gasteiger partial charge >= 0.3 is 0 Å². The number of para-hydroxylation sites is 1. The first-order chi connectivity index (χ1) is 16.1. The van der Waals surface area contributed by atoms with Crippen LogP contribution < -0.4 is 21.3 Å². The monoisotopic (exact) mass is 446 g/mol. The van der Waals surface area contributed by atoms with E-state index >= 15 is 0 Å². The van der Waals surface area contributed by atoms with Gasteiger partial charge in [0.2, 0.25) is 0 Å². The van der Waals surface area contributed by atoms with E-state index in [-0.39, 0.29) is 11.4 Å². The van der Waals surface area contributed by atoms with Crippen molar-refractivity contribution in [2.45, 2.75) is 12.8 Å². The number of pyridine rings is 1. The molecule has 1 aromatic carbocycles. The summed E-state index contributed by atoms with van der Waals surface area (Å²) in [4.78, 5) is 25.4. The molecule has 3 aromatic rings. The maximum Gasteiger partial charge on any atom is 0.259 e. The van der Waals surface area contributed by atoms with Crippen molar-refractivity contribution in [1.29, 1.82) is 5.26 Å². The SMILES string of the molecule is N#Cc1cnc(Nc2cc(NCC3CCNCC3)c(C(=O)Nc3ccccc3F)cn2)cn1.